The summed E-state index contributed by atoms with van der Waals surface area (Å²) in [6, 6.07) is 24.9. The maximum Gasteiger partial charge on any atom is 0.329 e. The van der Waals surface area contributed by atoms with Crippen molar-refractivity contribution in [2.75, 3.05) is 10.6 Å². The van der Waals surface area contributed by atoms with Crippen molar-refractivity contribution >= 4 is 41.4 Å². The number of carbonyl (C=O) groups is 3. The summed E-state index contributed by atoms with van der Waals surface area (Å²) in [6.45, 7) is 0. The number of hydrogen-bond acceptors (Lipinski definition) is 4. The Hall–Kier alpha value is -4.52. The zero-order valence-electron chi connectivity index (χ0n) is 16.5. The minimum atomic E-state index is -0.956. The second kappa shape index (κ2) is 10.9. The van der Waals surface area contributed by atoms with Crippen LogP contribution >= 0.6 is 0 Å². The van der Waals surface area contributed by atoms with Crippen LogP contribution in [0.1, 0.15) is 15.9 Å². The molecule has 7 heteroatoms. The molecule has 0 saturated heterocycles. The number of hydrogen-bond donors (Lipinski definition) is 3. The third kappa shape index (κ3) is 6.50. The van der Waals surface area contributed by atoms with Crippen molar-refractivity contribution in [3.05, 3.63) is 102 Å². The fourth-order valence-corrected chi connectivity index (χ4v) is 2.60. The topological polar surface area (TPSA) is 99.7 Å². The predicted octanol–water partition coefficient (Wildman–Crippen LogP) is 3.69. The number of para-hydroxylation sites is 2. The summed E-state index contributed by atoms with van der Waals surface area (Å²) in [5.74, 6) is -2.31. The van der Waals surface area contributed by atoms with Gasteiger partial charge in [-0.25, -0.2) is 5.43 Å². The Morgan fingerprint density at radius 3 is 2.10 bits per heavy atom. The van der Waals surface area contributed by atoms with E-state index in [1.807, 2.05) is 36.4 Å². The van der Waals surface area contributed by atoms with Crippen LogP contribution in [-0.4, -0.2) is 23.9 Å². The minimum absolute atomic E-state index is 0.212. The Morgan fingerprint density at radius 1 is 0.710 bits per heavy atom. The molecule has 0 spiro atoms. The fraction of sp³-hybridized carbons (Fsp3) is 0. The SMILES string of the molecule is O=C(N/N=C\C=C\c1ccccc1)C(=O)Nc1ccccc1C(=O)Nc1ccccc1. The molecule has 3 amide bonds. The molecule has 0 aliphatic heterocycles. The van der Waals surface area contributed by atoms with Gasteiger partial charge in [0.25, 0.3) is 5.91 Å². The summed E-state index contributed by atoms with van der Waals surface area (Å²) >= 11 is 0. The van der Waals surface area contributed by atoms with Crippen molar-refractivity contribution in [3.63, 3.8) is 0 Å². The standard InChI is InChI=1S/C24H20N4O3/c29-22(26-19-13-5-2-6-14-19)20-15-7-8-16-21(20)27-23(30)24(31)28-25-17-9-12-18-10-3-1-4-11-18/h1-17H,(H,26,29)(H,27,30)(H,28,31)/b12-9+,25-17-. The largest absolute Gasteiger partial charge is 0.329 e. The molecule has 31 heavy (non-hydrogen) atoms. The van der Waals surface area contributed by atoms with E-state index in [9.17, 15) is 14.4 Å². The van der Waals surface area contributed by atoms with Crippen LogP contribution in [0.5, 0.6) is 0 Å². The third-order valence-corrected chi connectivity index (χ3v) is 4.07. The van der Waals surface area contributed by atoms with E-state index >= 15 is 0 Å². The van der Waals surface area contributed by atoms with Crippen LogP contribution in [0, 0.1) is 0 Å². The normalized spacial score (nSPS) is 10.7. The molecule has 0 saturated carbocycles. The number of anilines is 2. The lowest BCUT2D eigenvalue weighted by Gasteiger charge is -2.11. The smallest absolute Gasteiger partial charge is 0.322 e. The molecule has 3 rings (SSSR count). The van der Waals surface area contributed by atoms with Crippen LogP contribution in [-0.2, 0) is 9.59 Å². The lowest BCUT2D eigenvalue weighted by atomic mass is 10.1. The van der Waals surface area contributed by atoms with Crippen LogP contribution in [0.3, 0.4) is 0 Å². The first-order valence-corrected chi connectivity index (χ1v) is 9.45. The van der Waals surface area contributed by atoms with Crippen LogP contribution in [0.25, 0.3) is 6.08 Å². The monoisotopic (exact) mass is 412 g/mol. The van der Waals surface area contributed by atoms with Crippen LogP contribution in [0.2, 0.25) is 0 Å². The number of nitrogens with zero attached hydrogens (tertiary/aromatic N) is 1. The molecule has 7 nitrogen and oxygen atoms in total. The van der Waals surface area contributed by atoms with Crippen molar-refractivity contribution < 1.29 is 14.4 Å². The fourth-order valence-electron chi connectivity index (χ4n) is 2.60. The molecule has 3 N–H and O–H groups in total. The molecule has 154 valence electrons. The summed E-state index contributed by atoms with van der Waals surface area (Å²) in [5.41, 5.74) is 4.17. The number of nitrogens with one attached hydrogen (secondary N) is 3. The van der Waals surface area contributed by atoms with Crippen LogP contribution in [0.15, 0.2) is 96.1 Å². The van der Waals surface area contributed by atoms with Crippen LogP contribution < -0.4 is 16.1 Å². The van der Waals surface area contributed by atoms with E-state index in [-0.39, 0.29) is 11.3 Å². The molecule has 0 atom stereocenters. The molecule has 0 aliphatic carbocycles. The Labute approximate surface area is 179 Å². The van der Waals surface area contributed by atoms with E-state index in [1.165, 1.54) is 12.3 Å². The summed E-state index contributed by atoms with van der Waals surface area (Å²) in [6.07, 6.45) is 4.80. The number of hydrazone groups is 1. The van der Waals surface area contributed by atoms with E-state index < -0.39 is 17.7 Å². The molecule has 0 heterocycles. The van der Waals surface area contributed by atoms with Gasteiger partial charge in [0.05, 0.1) is 11.3 Å². The molecule has 3 aromatic carbocycles. The first kappa shape index (κ1) is 21.2. The van der Waals surface area contributed by atoms with E-state index in [0.717, 1.165) is 5.56 Å². The maximum atomic E-state index is 12.6. The lowest BCUT2D eigenvalue weighted by Crippen LogP contribution is -2.33. The highest BCUT2D eigenvalue weighted by Crippen LogP contribution is 2.17. The molecular formula is C24H20N4O3. The summed E-state index contributed by atoms with van der Waals surface area (Å²) in [7, 11) is 0. The van der Waals surface area contributed by atoms with Gasteiger partial charge < -0.3 is 10.6 Å². The van der Waals surface area contributed by atoms with Gasteiger partial charge in [0.1, 0.15) is 0 Å². The van der Waals surface area contributed by atoms with Gasteiger partial charge in [0, 0.05) is 11.9 Å². The molecule has 0 bridgehead atoms. The number of carbonyl (C=O) groups excluding carboxylic acids is 3. The van der Waals surface area contributed by atoms with Crippen molar-refractivity contribution in [2.24, 2.45) is 5.10 Å². The Morgan fingerprint density at radius 2 is 1.35 bits per heavy atom. The van der Waals surface area contributed by atoms with Gasteiger partial charge in [-0.05, 0) is 35.9 Å². The number of amides is 3. The Kier molecular flexibility index (Phi) is 7.43. The second-order valence-electron chi connectivity index (χ2n) is 6.31. The highest BCUT2D eigenvalue weighted by Gasteiger charge is 2.17. The van der Waals surface area contributed by atoms with Gasteiger partial charge in [-0.15, -0.1) is 0 Å². The van der Waals surface area contributed by atoms with Crippen molar-refractivity contribution in [1.29, 1.82) is 0 Å². The van der Waals surface area contributed by atoms with E-state index in [0.29, 0.717) is 5.69 Å². The van der Waals surface area contributed by atoms with E-state index in [4.69, 9.17) is 0 Å². The van der Waals surface area contributed by atoms with Gasteiger partial charge >= 0.3 is 11.8 Å². The molecule has 0 aromatic heterocycles. The molecule has 0 aliphatic rings. The third-order valence-electron chi connectivity index (χ3n) is 4.07. The zero-order valence-corrected chi connectivity index (χ0v) is 16.5. The predicted molar refractivity (Wildman–Crippen MR) is 122 cm³/mol. The summed E-state index contributed by atoms with van der Waals surface area (Å²) < 4.78 is 0. The first-order chi connectivity index (χ1) is 15.1. The summed E-state index contributed by atoms with van der Waals surface area (Å²) in [4.78, 5) is 36.7. The molecule has 0 unspecified atom stereocenters. The van der Waals surface area contributed by atoms with E-state index in [1.54, 1.807) is 54.6 Å². The van der Waals surface area contributed by atoms with Crippen molar-refractivity contribution in [2.45, 2.75) is 0 Å². The molecule has 0 radical (unpaired) electrons. The van der Waals surface area contributed by atoms with Gasteiger partial charge in [0.2, 0.25) is 0 Å². The zero-order chi connectivity index (χ0) is 21.9. The number of allylic oxidation sites excluding steroid dienone is 1. The maximum absolute atomic E-state index is 12.6. The average Bonchev–Trinajstić information content (AvgIpc) is 2.80. The highest BCUT2D eigenvalue weighted by atomic mass is 16.2. The highest BCUT2D eigenvalue weighted by molar-refractivity contribution is 6.40. The first-order valence-electron chi connectivity index (χ1n) is 9.45. The number of rotatable bonds is 6. The number of benzene rings is 3. The average molecular weight is 412 g/mol. The quantitative estimate of drug-likeness (QED) is 0.327. The molecule has 0 fully saturated rings. The minimum Gasteiger partial charge on any atom is -0.322 e. The Balaban J connectivity index is 1.57. The van der Waals surface area contributed by atoms with E-state index in [2.05, 4.69) is 21.2 Å². The van der Waals surface area contributed by atoms with Crippen molar-refractivity contribution in [3.8, 4) is 0 Å². The van der Waals surface area contributed by atoms with Crippen LogP contribution in [0.4, 0.5) is 11.4 Å². The van der Waals surface area contributed by atoms with Gasteiger partial charge in [-0.2, -0.15) is 5.10 Å². The van der Waals surface area contributed by atoms with Gasteiger partial charge in [-0.1, -0.05) is 66.7 Å². The lowest BCUT2D eigenvalue weighted by molar-refractivity contribution is -0.136. The second-order valence-corrected chi connectivity index (χ2v) is 6.31. The molecule has 3 aromatic rings. The molecular weight excluding hydrogens is 392 g/mol. The van der Waals surface area contributed by atoms with Gasteiger partial charge in [-0.3, -0.25) is 14.4 Å². The van der Waals surface area contributed by atoms with Crippen molar-refractivity contribution in [1.82, 2.24) is 5.43 Å². The summed E-state index contributed by atoms with van der Waals surface area (Å²) in [5, 5.41) is 8.89. The Bertz CT molecular complexity index is 1110. The van der Waals surface area contributed by atoms with Gasteiger partial charge in [0.15, 0.2) is 0 Å².